The van der Waals surface area contributed by atoms with Crippen molar-refractivity contribution < 1.29 is 19.1 Å². The number of carbonyl (C=O) groups is 2. The molecule has 0 bridgehead atoms. The molecule has 0 aliphatic heterocycles. The summed E-state index contributed by atoms with van der Waals surface area (Å²) < 4.78 is 14.5. The zero-order chi connectivity index (χ0) is 21.0. The van der Waals surface area contributed by atoms with Crippen molar-refractivity contribution in [3.8, 4) is 0 Å². The lowest BCUT2D eigenvalue weighted by atomic mass is 9.45. The molecule has 0 saturated heterocycles. The lowest BCUT2D eigenvalue weighted by Crippen LogP contribution is -2.52. The summed E-state index contributed by atoms with van der Waals surface area (Å²) in [6.45, 7) is 6.72. The number of carboxylic acids is 1. The molecule has 3 nitrogen and oxygen atoms in total. The zero-order valence-electron chi connectivity index (χ0n) is 18.1. The van der Waals surface area contributed by atoms with E-state index in [9.17, 15) is 19.1 Å². The highest BCUT2D eigenvalue weighted by Crippen LogP contribution is 2.68. The Morgan fingerprint density at radius 1 is 1.17 bits per heavy atom. The van der Waals surface area contributed by atoms with Crippen molar-refractivity contribution in [2.24, 2.45) is 34.5 Å². The summed E-state index contributed by atoms with van der Waals surface area (Å²) in [5, 5.41) is 9.27. The van der Waals surface area contributed by atoms with Crippen molar-refractivity contribution in [1.29, 1.82) is 0 Å². The van der Waals surface area contributed by atoms with E-state index in [1.54, 1.807) is 0 Å². The Morgan fingerprint density at radius 2 is 1.90 bits per heavy atom. The second kappa shape index (κ2) is 7.35. The molecule has 4 aliphatic carbocycles. The minimum absolute atomic E-state index is 0.0778. The van der Waals surface area contributed by atoms with E-state index in [0.717, 1.165) is 44.9 Å². The topological polar surface area (TPSA) is 54.4 Å². The molecule has 4 aliphatic rings. The van der Waals surface area contributed by atoms with Gasteiger partial charge in [-0.25, -0.2) is 4.79 Å². The number of ketones is 1. The van der Waals surface area contributed by atoms with Crippen LogP contribution in [0.4, 0.5) is 4.39 Å². The molecule has 0 radical (unpaired) electrons. The SMILES string of the molecule is CCCCC1C[C@@H]2[C@H](CC[C@]3(C)C(=C(F)C(=O)O)CC[C@@H]23)[C@@]2(C)CCC(=O)C=C12. The Morgan fingerprint density at radius 3 is 2.59 bits per heavy atom. The third kappa shape index (κ3) is 3.13. The van der Waals surface area contributed by atoms with Crippen LogP contribution in [0.3, 0.4) is 0 Å². The van der Waals surface area contributed by atoms with Crippen LogP contribution in [0.15, 0.2) is 23.0 Å². The third-order valence-electron chi connectivity index (χ3n) is 9.26. The maximum Gasteiger partial charge on any atom is 0.364 e. The number of unbranched alkanes of at least 4 members (excludes halogenated alkanes) is 1. The summed E-state index contributed by atoms with van der Waals surface area (Å²) in [5.74, 6) is -0.173. The Kier molecular flexibility index (Phi) is 5.28. The summed E-state index contributed by atoms with van der Waals surface area (Å²) in [4.78, 5) is 23.6. The van der Waals surface area contributed by atoms with Gasteiger partial charge in [0.2, 0.25) is 5.83 Å². The second-order valence-corrected chi connectivity index (χ2v) is 10.5. The first-order valence-corrected chi connectivity index (χ1v) is 11.6. The average Bonchev–Trinajstić information content (AvgIpc) is 3.03. The van der Waals surface area contributed by atoms with Gasteiger partial charge in [0.1, 0.15) is 0 Å². The molecule has 0 spiro atoms. The number of hydrogen-bond acceptors (Lipinski definition) is 2. The number of halogens is 1. The second-order valence-electron chi connectivity index (χ2n) is 10.5. The molecular weight excluding hydrogens is 367 g/mol. The predicted molar refractivity (Wildman–Crippen MR) is 111 cm³/mol. The van der Waals surface area contributed by atoms with Crippen LogP contribution in [0.5, 0.6) is 0 Å². The maximum atomic E-state index is 14.5. The molecule has 1 unspecified atom stereocenters. The van der Waals surface area contributed by atoms with Gasteiger partial charge in [0.25, 0.3) is 0 Å². The number of rotatable bonds is 4. The molecule has 0 aromatic heterocycles. The van der Waals surface area contributed by atoms with E-state index in [0.29, 0.717) is 42.1 Å². The van der Waals surface area contributed by atoms with Gasteiger partial charge in [0.15, 0.2) is 5.78 Å². The fraction of sp³-hybridized carbons (Fsp3) is 0.760. The van der Waals surface area contributed by atoms with Crippen molar-refractivity contribution in [3.63, 3.8) is 0 Å². The first-order chi connectivity index (χ1) is 13.7. The Hall–Kier alpha value is -1.45. The molecule has 6 atom stereocenters. The normalized spacial score (nSPS) is 43.2. The lowest BCUT2D eigenvalue weighted by molar-refractivity contribution is -0.134. The number of fused-ring (bicyclic) bond motifs is 5. The van der Waals surface area contributed by atoms with Gasteiger partial charge < -0.3 is 5.11 Å². The van der Waals surface area contributed by atoms with Crippen molar-refractivity contribution in [3.05, 3.63) is 23.0 Å². The van der Waals surface area contributed by atoms with Gasteiger partial charge in [-0.3, -0.25) is 4.79 Å². The van der Waals surface area contributed by atoms with Gasteiger partial charge in [0, 0.05) is 6.42 Å². The van der Waals surface area contributed by atoms with Gasteiger partial charge >= 0.3 is 5.97 Å². The van der Waals surface area contributed by atoms with E-state index in [1.807, 2.05) is 6.08 Å². The van der Waals surface area contributed by atoms with Crippen LogP contribution in [0, 0.1) is 34.5 Å². The number of carbonyl (C=O) groups excluding carboxylic acids is 1. The highest BCUT2D eigenvalue weighted by atomic mass is 19.1. The summed E-state index contributed by atoms with van der Waals surface area (Å²) in [6, 6.07) is 0. The first kappa shape index (κ1) is 20.8. The largest absolute Gasteiger partial charge is 0.476 e. The number of carboxylic acid groups (broad SMARTS) is 1. The minimum atomic E-state index is -1.41. The van der Waals surface area contributed by atoms with Gasteiger partial charge in [-0.2, -0.15) is 4.39 Å². The van der Waals surface area contributed by atoms with Crippen molar-refractivity contribution in [2.75, 3.05) is 0 Å². The van der Waals surface area contributed by atoms with E-state index < -0.39 is 11.8 Å². The average molecular weight is 403 g/mol. The van der Waals surface area contributed by atoms with Crippen LogP contribution in [0.1, 0.15) is 85.0 Å². The highest BCUT2D eigenvalue weighted by molar-refractivity contribution is 5.91. The molecule has 4 heteroatoms. The van der Waals surface area contributed by atoms with Crippen LogP contribution in [-0.4, -0.2) is 16.9 Å². The molecule has 29 heavy (non-hydrogen) atoms. The Bertz CT molecular complexity index is 781. The molecule has 160 valence electrons. The molecule has 3 fully saturated rings. The molecule has 3 saturated carbocycles. The summed E-state index contributed by atoms with van der Waals surface area (Å²) in [6.07, 6.45) is 11.5. The van der Waals surface area contributed by atoms with Crippen LogP contribution in [0.25, 0.3) is 0 Å². The summed E-state index contributed by atoms with van der Waals surface area (Å²) in [7, 11) is 0. The quantitative estimate of drug-likeness (QED) is 0.566. The van der Waals surface area contributed by atoms with Crippen molar-refractivity contribution >= 4 is 11.8 Å². The van der Waals surface area contributed by atoms with Crippen LogP contribution in [0.2, 0.25) is 0 Å². The molecule has 0 aromatic carbocycles. The standard InChI is InChI=1S/C25H35FO3/c1-4-5-6-15-13-17-18-7-8-20(22(26)23(28)29)24(18,2)12-10-19(17)25(3)11-9-16(27)14-21(15)25/h14-15,17-19H,4-13H2,1-3H3,(H,28,29)/t15?,17-,18-,19-,24-,25+/m0/s1. The van der Waals surface area contributed by atoms with Crippen LogP contribution >= 0.6 is 0 Å². The molecule has 4 rings (SSSR count). The van der Waals surface area contributed by atoms with E-state index in [-0.39, 0.29) is 16.6 Å². The highest BCUT2D eigenvalue weighted by Gasteiger charge is 2.59. The minimum Gasteiger partial charge on any atom is -0.476 e. The van der Waals surface area contributed by atoms with Gasteiger partial charge in [-0.05, 0) is 91.1 Å². The Labute approximate surface area is 173 Å². The number of aliphatic carboxylic acids is 1. The third-order valence-corrected chi connectivity index (χ3v) is 9.26. The molecular formula is C25H35FO3. The summed E-state index contributed by atoms with van der Waals surface area (Å²) >= 11 is 0. The van der Waals surface area contributed by atoms with Crippen molar-refractivity contribution in [1.82, 2.24) is 0 Å². The van der Waals surface area contributed by atoms with Gasteiger partial charge in [-0.15, -0.1) is 0 Å². The fourth-order valence-electron chi connectivity index (χ4n) is 7.81. The Balaban J connectivity index is 1.72. The predicted octanol–water partition coefficient (Wildman–Crippen LogP) is 6.24. The summed E-state index contributed by atoms with van der Waals surface area (Å²) in [5.41, 5.74) is 1.72. The monoisotopic (exact) mass is 402 g/mol. The van der Waals surface area contributed by atoms with E-state index in [2.05, 4.69) is 20.8 Å². The maximum absolute atomic E-state index is 14.5. The molecule has 0 heterocycles. The van der Waals surface area contributed by atoms with Gasteiger partial charge in [-0.1, -0.05) is 39.2 Å². The van der Waals surface area contributed by atoms with Crippen molar-refractivity contribution in [2.45, 2.75) is 85.0 Å². The smallest absolute Gasteiger partial charge is 0.364 e. The lowest BCUT2D eigenvalue weighted by Gasteiger charge is -2.59. The fourth-order valence-corrected chi connectivity index (χ4v) is 7.81. The zero-order valence-corrected chi connectivity index (χ0v) is 18.1. The van der Waals surface area contributed by atoms with Crippen LogP contribution in [-0.2, 0) is 9.59 Å². The number of allylic oxidation sites excluding steroid dienone is 2. The van der Waals surface area contributed by atoms with E-state index in [1.165, 1.54) is 12.0 Å². The number of hydrogen-bond donors (Lipinski definition) is 1. The van der Waals surface area contributed by atoms with E-state index >= 15 is 0 Å². The first-order valence-electron chi connectivity index (χ1n) is 11.6. The van der Waals surface area contributed by atoms with Crippen LogP contribution < -0.4 is 0 Å². The van der Waals surface area contributed by atoms with Gasteiger partial charge in [0.05, 0.1) is 0 Å². The molecule has 1 N–H and O–H groups in total. The molecule has 0 amide bonds. The molecule has 0 aromatic rings. The van der Waals surface area contributed by atoms with E-state index in [4.69, 9.17) is 0 Å².